The number of carbonyl (C=O) groups excluding carboxylic acids is 1. The molecule has 3 aromatic rings. The number of carbonyl (C=O) groups is 1. The van der Waals surface area contributed by atoms with Gasteiger partial charge in [0.05, 0.1) is 0 Å². The van der Waals surface area contributed by atoms with Gasteiger partial charge in [-0.15, -0.1) is 0 Å². The molecular formula is C20H18N2O3. The van der Waals surface area contributed by atoms with E-state index >= 15 is 0 Å². The van der Waals surface area contributed by atoms with Crippen molar-refractivity contribution in [3.8, 4) is 11.5 Å². The molecular weight excluding hydrogens is 316 g/mol. The van der Waals surface area contributed by atoms with Crippen molar-refractivity contribution in [3.05, 3.63) is 82.9 Å². The van der Waals surface area contributed by atoms with Crippen molar-refractivity contribution in [3.63, 3.8) is 0 Å². The second-order valence-corrected chi connectivity index (χ2v) is 5.79. The van der Waals surface area contributed by atoms with Crippen LogP contribution in [0.1, 0.15) is 32.9 Å². The highest BCUT2D eigenvalue weighted by atomic mass is 16.5. The number of phenols is 1. The molecule has 0 atom stereocenters. The van der Waals surface area contributed by atoms with Crippen molar-refractivity contribution in [2.75, 3.05) is 0 Å². The largest absolute Gasteiger partial charge is 0.504 e. The summed E-state index contributed by atoms with van der Waals surface area (Å²) in [6.45, 7) is 3.93. The van der Waals surface area contributed by atoms with Crippen LogP contribution in [-0.2, 0) is 6.61 Å². The third kappa shape index (κ3) is 3.83. The molecule has 0 spiro atoms. The highest BCUT2D eigenvalue weighted by Gasteiger charge is 2.16. The molecule has 0 saturated carbocycles. The van der Waals surface area contributed by atoms with Crippen molar-refractivity contribution in [1.82, 2.24) is 9.97 Å². The molecule has 0 fully saturated rings. The minimum absolute atomic E-state index is 0.0648. The van der Waals surface area contributed by atoms with Crippen LogP contribution in [0.15, 0.2) is 54.9 Å². The highest BCUT2D eigenvalue weighted by molar-refractivity contribution is 6.08. The van der Waals surface area contributed by atoms with Crippen LogP contribution in [0.4, 0.5) is 0 Å². The van der Waals surface area contributed by atoms with Crippen molar-refractivity contribution in [1.29, 1.82) is 0 Å². The zero-order chi connectivity index (χ0) is 17.8. The van der Waals surface area contributed by atoms with Gasteiger partial charge in [-0.3, -0.25) is 4.79 Å². The average Bonchev–Trinajstić information content (AvgIpc) is 2.61. The molecule has 0 radical (unpaired) electrons. The third-order valence-corrected chi connectivity index (χ3v) is 3.78. The summed E-state index contributed by atoms with van der Waals surface area (Å²) < 4.78 is 5.73. The van der Waals surface area contributed by atoms with Crippen LogP contribution in [0.3, 0.4) is 0 Å². The van der Waals surface area contributed by atoms with Crippen LogP contribution in [-0.4, -0.2) is 20.9 Å². The number of aromatic nitrogens is 2. The van der Waals surface area contributed by atoms with Gasteiger partial charge in [0.15, 0.2) is 11.5 Å². The predicted octanol–water partition coefficient (Wildman–Crippen LogP) is 3.61. The first-order chi connectivity index (χ1) is 12.0. The van der Waals surface area contributed by atoms with Crippen molar-refractivity contribution >= 4 is 5.78 Å². The zero-order valence-electron chi connectivity index (χ0n) is 14.1. The molecule has 0 aliphatic heterocycles. The molecule has 5 heteroatoms. The molecule has 0 saturated heterocycles. The molecule has 25 heavy (non-hydrogen) atoms. The first-order valence-corrected chi connectivity index (χ1v) is 7.88. The Bertz CT molecular complexity index is 885. The normalized spacial score (nSPS) is 10.5. The first kappa shape index (κ1) is 16.6. The molecule has 0 bridgehead atoms. The van der Waals surface area contributed by atoms with Gasteiger partial charge in [0.1, 0.15) is 18.6 Å². The van der Waals surface area contributed by atoms with E-state index in [-0.39, 0.29) is 11.5 Å². The van der Waals surface area contributed by atoms with E-state index < -0.39 is 0 Å². The Kier molecular flexibility index (Phi) is 4.75. The summed E-state index contributed by atoms with van der Waals surface area (Å²) >= 11 is 0. The van der Waals surface area contributed by atoms with E-state index in [1.807, 2.05) is 30.3 Å². The molecule has 0 amide bonds. The standard InChI is InChI=1S/C20H18N2O3/c1-13-8-16(19(24)17-9-14(2)21-12-22-17)10-18(23)20(13)25-11-15-6-4-3-5-7-15/h3-10,12,23H,11H2,1-2H3. The van der Waals surface area contributed by atoms with Gasteiger partial charge in [-0.1, -0.05) is 30.3 Å². The maximum Gasteiger partial charge on any atom is 0.211 e. The van der Waals surface area contributed by atoms with Crippen LogP contribution < -0.4 is 4.74 Å². The lowest BCUT2D eigenvalue weighted by Crippen LogP contribution is -2.06. The van der Waals surface area contributed by atoms with Gasteiger partial charge in [0, 0.05) is 11.3 Å². The minimum atomic E-state index is -0.265. The average molecular weight is 334 g/mol. The lowest BCUT2D eigenvalue weighted by Gasteiger charge is -2.12. The monoisotopic (exact) mass is 334 g/mol. The fourth-order valence-electron chi connectivity index (χ4n) is 2.53. The topological polar surface area (TPSA) is 72.3 Å². The molecule has 126 valence electrons. The van der Waals surface area contributed by atoms with Crippen LogP contribution >= 0.6 is 0 Å². The first-order valence-electron chi connectivity index (χ1n) is 7.88. The third-order valence-electron chi connectivity index (χ3n) is 3.78. The van der Waals surface area contributed by atoms with Gasteiger partial charge in [0.25, 0.3) is 0 Å². The summed E-state index contributed by atoms with van der Waals surface area (Å²) in [5.74, 6) is 0.0443. The van der Waals surface area contributed by atoms with Crippen LogP contribution in [0.25, 0.3) is 0 Å². The fraction of sp³-hybridized carbons (Fsp3) is 0.150. The van der Waals surface area contributed by atoms with E-state index in [0.29, 0.717) is 34.9 Å². The number of ketones is 1. The molecule has 1 aromatic heterocycles. The van der Waals surface area contributed by atoms with E-state index in [9.17, 15) is 9.90 Å². The van der Waals surface area contributed by atoms with Gasteiger partial charge < -0.3 is 9.84 Å². The molecule has 0 aliphatic carbocycles. The van der Waals surface area contributed by atoms with E-state index in [2.05, 4.69) is 9.97 Å². The zero-order valence-corrected chi connectivity index (χ0v) is 14.1. The van der Waals surface area contributed by atoms with Gasteiger partial charge in [-0.05, 0) is 43.2 Å². The van der Waals surface area contributed by atoms with Gasteiger partial charge in [0.2, 0.25) is 5.78 Å². The van der Waals surface area contributed by atoms with Crippen LogP contribution in [0.5, 0.6) is 11.5 Å². The van der Waals surface area contributed by atoms with E-state index in [1.165, 1.54) is 12.4 Å². The van der Waals surface area contributed by atoms with E-state index in [0.717, 1.165) is 5.56 Å². The van der Waals surface area contributed by atoms with E-state index in [4.69, 9.17) is 4.74 Å². The Balaban J connectivity index is 1.83. The lowest BCUT2D eigenvalue weighted by molar-refractivity contribution is 0.103. The Hall–Kier alpha value is -3.21. The molecule has 2 aromatic carbocycles. The number of benzene rings is 2. The Morgan fingerprint density at radius 2 is 1.84 bits per heavy atom. The summed E-state index contributed by atoms with van der Waals surface area (Å²) in [6.07, 6.45) is 1.35. The van der Waals surface area contributed by atoms with Crippen LogP contribution in [0.2, 0.25) is 0 Å². The fourth-order valence-corrected chi connectivity index (χ4v) is 2.53. The smallest absolute Gasteiger partial charge is 0.211 e. The molecule has 3 rings (SSSR count). The molecule has 1 heterocycles. The van der Waals surface area contributed by atoms with Gasteiger partial charge in [-0.25, -0.2) is 9.97 Å². The Morgan fingerprint density at radius 3 is 2.52 bits per heavy atom. The quantitative estimate of drug-likeness (QED) is 0.722. The SMILES string of the molecule is Cc1cc(C(=O)c2cc(C)c(OCc3ccccc3)c(O)c2)ncn1. The second-order valence-electron chi connectivity index (χ2n) is 5.79. The number of nitrogens with zero attached hydrogens (tertiary/aromatic N) is 2. The minimum Gasteiger partial charge on any atom is -0.504 e. The van der Waals surface area contributed by atoms with Crippen molar-refractivity contribution < 1.29 is 14.6 Å². The Labute approximate surface area is 146 Å². The number of phenolic OH excluding ortho intramolecular Hbond substituents is 1. The summed E-state index contributed by atoms with van der Waals surface area (Å²) in [5.41, 5.74) is 3.05. The molecule has 1 N–H and O–H groups in total. The molecule has 0 unspecified atom stereocenters. The molecule has 0 aliphatic rings. The number of hydrogen-bond acceptors (Lipinski definition) is 5. The summed E-state index contributed by atoms with van der Waals surface area (Å²) in [7, 11) is 0. The van der Waals surface area contributed by atoms with Crippen LogP contribution in [0, 0.1) is 13.8 Å². The maximum absolute atomic E-state index is 12.6. The number of aromatic hydroxyl groups is 1. The number of aryl methyl sites for hydroxylation is 2. The van der Waals surface area contributed by atoms with Crippen molar-refractivity contribution in [2.45, 2.75) is 20.5 Å². The summed E-state index contributed by atoms with van der Waals surface area (Å²) in [4.78, 5) is 20.5. The Morgan fingerprint density at radius 1 is 1.08 bits per heavy atom. The number of ether oxygens (including phenoxy) is 1. The van der Waals surface area contributed by atoms with Crippen molar-refractivity contribution in [2.24, 2.45) is 0 Å². The maximum atomic E-state index is 12.6. The summed E-state index contributed by atoms with van der Waals surface area (Å²) in [5, 5.41) is 10.3. The van der Waals surface area contributed by atoms with Gasteiger partial charge >= 0.3 is 0 Å². The van der Waals surface area contributed by atoms with E-state index in [1.54, 1.807) is 26.0 Å². The number of rotatable bonds is 5. The predicted molar refractivity (Wildman–Crippen MR) is 93.8 cm³/mol. The highest BCUT2D eigenvalue weighted by Crippen LogP contribution is 2.32. The number of hydrogen-bond donors (Lipinski definition) is 1. The molecule has 5 nitrogen and oxygen atoms in total. The second kappa shape index (κ2) is 7.13. The lowest BCUT2D eigenvalue weighted by atomic mass is 10.0. The summed E-state index contributed by atoms with van der Waals surface area (Å²) in [6, 6.07) is 14.4. The van der Waals surface area contributed by atoms with Gasteiger partial charge in [-0.2, -0.15) is 0 Å².